The molecular formula is C31H36FN5O3. The summed E-state index contributed by atoms with van der Waals surface area (Å²) >= 11 is 0. The van der Waals surface area contributed by atoms with Crippen LogP contribution in [-0.4, -0.2) is 53.5 Å². The first-order chi connectivity index (χ1) is 19.3. The average Bonchev–Trinajstić information content (AvgIpc) is 2.96. The molecule has 8 nitrogen and oxygen atoms in total. The first-order valence-electron chi connectivity index (χ1n) is 13.8. The highest BCUT2D eigenvalue weighted by molar-refractivity contribution is 5.91. The van der Waals surface area contributed by atoms with Crippen LogP contribution in [0.1, 0.15) is 50.5 Å². The molecule has 1 heterocycles. The molecule has 0 spiro atoms. The molecule has 5 rings (SSSR count). The van der Waals surface area contributed by atoms with Gasteiger partial charge in [-0.1, -0.05) is 54.6 Å². The highest BCUT2D eigenvalue weighted by Gasteiger charge is 2.42. The minimum absolute atomic E-state index is 0.102. The van der Waals surface area contributed by atoms with Gasteiger partial charge in [-0.2, -0.15) is 0 Å². The van der Waals surface area contributed by atoms with E-state index in [-0.39, 0.29) is 24.0 Å². The number of carbonyl (C=O) groups excluding carboxylic acids is 2. The number of nitrogens with one attached hydrogen (secondary N) is 1. The first-order valence-corrected chi connectivity index (χ1v) is 13.8. The van der Waals surface area contributed by atoms with Gasteiger partial charge in [0.25, 0.3) is 0 Å². The quantitative estimate of drug-likeness (QED) is 0.395. The summed E-state index contributed by atoms with van der Waals surface area (Å²) < 4.78 is 18.3. The molecule has 210 valence electrons. The molecule has 1 aromatic heterocycles. The van der Waals surface area contributed by atoms with Crippen molar-refractivity contribution in [1.82, 2.24) is 15.1 Å². The fraction of sp³-hybridized carbons (Fsp3) is 0.419. The summed E-state index contributed by atoms with van der Waals surface area (Å²) in [5.41, 5.74) is 10.0. The third-order valence-corrected chi connectivity index (χ3v) is 8.35. The van der Waals surface area contributed by atoms with E-state index in [2.05, 4.69) is 15.5 Å². The molecule has 2 aromatic carbocycles. The molecule has 3 aromatic rings. The second-order valence-electron chi connectivity index (χ2n) is 11.1. The maximum Gasteiger partial charge on any atom is 0.409 e. The Hall–Kier alpha value is -3.85. The van der Waals surface area contributed by atoms with Gasteiger partial charge in [-0.3, -0.25) is 4.79 Å². The Kier molecular flexibility index (Phi) is 8.12. The molecule has 2 aliphatic carbocycles. The molecule has 40 heavy (non-hydrogen) atoms. The van der Waals surface area contributed by atoms with Crippen LogP contribution in [0.3, 0.4) is 0 Å². The van der Waals surface area contributed by atoms with Crippen LogP contribution in [0.4, 0.5) is 15.0 Å². The Bertz CT molecular complexity index is 1340. The number of alkyl halides is 1. The summed E-state index contributed by atoms with van der Waals surface area (Å²) in [5, 5.41) is 11.8. The maximum absolute atomic E-state index is 13.5. The Morgan fingerprint density at radius 3 is 2.33 bits per heavy atom. The van der Waals surface area contributed by atoms with Crippen molar-refractivity contribution >= 4 is 17.8 Å². The minimum atomic E-state index is -0.841. The lowest BCUT2D eigenvalue weighted by Crippen LogP contribution is -2.50. The zero-order valence-electron chi connectivity index (χ0n) is 23.0. The second kappa shape index (κ2) is 11.7. The zero-order chi connectivity index (χ0) is 28.3. The molecule has 0 unspecified atom stereocenters. The van der Waals surface area contributed by atoms with E-state index < -0.39 is 11.7 Å². The van der Waals surface area contributed by atoms with Crippen LogP contribution in [0.2, 0.25) is 0 Å². The summed E-state index contributed by atoms with van der Waals surface area (Å²) in [6.45, 7) is 0. The molecule has 2 fully saturated rings. The molecule has 0 radical (unpaired) electrons. The van der Waals surface area contributed by atoms with Gasteiger partial charge in [-0.05, 0) is 48.8 Å². The van der Waals surface area contributed by atoms with Gasteiger partial charge in [0, 0.05) is 49.0 Å². The third-order valence-electron chi connectivity index (χ3n) is 8.35. The molecule has 9 heteroatoms. The van der Waals surface area contributed by atoms with E-state index >= 15 is 0 Å². The topological polar surface area (TPSA) is 110 Å². The second-order valence-corrected chi connectivity index (χ2v) is 11.1. The van der Waals surface area contributed by atoms with Gasteiger partial charge in [0.2, 0.25) is 5.91 Å². The number of benzene rings is 2. The lowest BCUT2D eigenvalue weighted by molar-refractivity contribution is -0.117. The minimum Gasteiger partial charge on any atom is -0.453 e. The molecule has 2 saturated carbocycles. The van der Waals surface area contributed by atoms with Gasteiger partial charge < -0.3 is 20.7 Å². The lowest BCUT2D eigenvalue weighted by Gasteiger charge is -2.41. The van der Waals surface area contributed by atoms with E-state index in [1.165, 1.54) is 7.11 Å². The normalized spacial score (nSPS) is 24.1. The molecule has 0 saturated heterocycles. The standard InChI is InChI=1S/C31H36FN5O3/c1-37(30(39)40-2)25-14-8-20(9-15-25)16-28(38)34-27-17-26(21-6-4-3-5-7-21)29(36-35-27)22-10-12-23(13-11-22)31(33)18-24(32)19-31/h3-7,10-13,17,20,24-25H,8-9,14-16,18-19,33H2,1-2H3,(H,34,35,38). The predicted molar refractivity (Wildman–Crippen MR) is 152 cm³/mol. The van der Waals surface area contributed by atoms with Crippen LogP contribution in [0.15, 0.2) is 60.7 Å². The third kappa shape index (κ3) is 5.99. The molecule has 2 amide bonds. The Morgan fingerprint density at radius 2 is 1.70 bits per heavy atom. The molecule has 0 atom stereocenters. The van der Waals surface area contributed by atoms with Crippen molar-refractivity contribution in [3.63, 3.8) is 0 Å². The molecule has 2 aliphatic rings. The number of carbonyl (C=O) groups is 2. The monoisotopic (exact) mass is 545 g/mol. The molecule has 0 aliphatic heterocycles. The largest absolute Gasteiger partial charge is 0.453 e. The number of anilines is 1. The number of methoxy groups -OCH3 is 1. The van der Waals surface area contributed by atoms with E-state index in [4.69, 9.17) is 10.5 Å². The summed E-state index contributed by atoms with van der Waals surface area (Å²) in [7, 11) is 3.14. The Labute approximate surface area is 234 Å². The van der Waals surface area contributed by atoms with Crippen LogP contribution in [0.25, 0.3) is 22.4 Å². The lowest BCUT2D eigenvalue weighted by atomic mass is 9.71. The van der Waals surface area contributed by atoms with Crippen LogP contribution in [0, 0.1) is 5.92 Å². The number of aromatic nitrogens is 2. The zero-order valence-corrected chi connectivity index (χ0v) is 23.0. The van der Waals surface area contributed by atoms with E-state index in [0.29, 0.717) is 30.8 Å². The number of nitrogens with zero attached hydrogens (tertiary/aromatic N) is 3. The van der Waals surface area contributed by atoms with Crippen LogP contribution in [-0.2, 0) is 15.1 Å². The molecular weight excluding hydrogens is 509 g/mol. The number of hydrogen-bond acceptors (Lipinski definition) is 6. The summed E-state index contributed by atoms with van der Waals surface area (Å²) in [6.07, 6.45) is 3.31. The average molecular weight is 546 g/mol. The van der Waals surface area contributed by atoms with Gasteiger partial charge in [0.05, 0.1) is 7.11 Å². The van der Waals surface area contributed by atoms with Crippen LogP contribution < -0.4 is 11.1 Å². The maximum atomic E-state index is 13.5. The van der Waals surface area contributed by atoms with Crippen molar-refractivity contribution in [2.75, 3.05) is 19.5 Å². The van der Waals surface area contributed by atoms with Crippen molar-refractivity contribution in [1.29, 1.82) is 0 Å². The fourth-order valence-corrected chi connectivity index (χ4v) is 5.92. The highest BCUT2D eigenvalue weighted by atomic mass is 19.1. The van der Waals surface area contributed by atoms with Crippen molar-refractivity contribution in [3.05, 3.63) is 66.2 Å². The van der Waals surface area contributed by atoms with Crippen molar-refractivity contribution in [2.24, 2.45) is 11.7 Å². The SMILES string of the molecule is COC(=O)N(C)C1CCC(CC(=O)Nc2cc(-c3ccccc3)c(-c3ccc(C4(N)CC(F)C4)cc3)nn2)CC1. The predicted octanol–water partition coefficient (Wildman–Crippen LogP) is 5.68. The summed E-state index contributed by atoms with van der Waals surface area (Å²) in [6, 6.07) is 19.6. The van der Waals surface area contributed by atoms with Crippen molar-refractivity contribution in [2.45, 2.75) is 62.7 Å². The Morgan fingerprint density at radius 1 is 1.02 bits per heavy atom. The van der Waals surface area contributed by atoms with Crippen LogP contribution in [0.5, 0.6) is 0 Å². The van der Waals surface area contributed by atoms with Gasteiger partial charge in [-0.15, -0.1) is 10.2 Å². The number of halogens is 1. The smallest absolute Gasteiger partial charge is 0.409 e. The number of hydrogen-bond donors (Lipinski definition) is 2. The number of nitrogens with two attached hydrogens (primary N) is 1. The van der Waals surface area contributed by atoms with Crippen molar-refractivity contribution < 1.29 is 18.7 Å². The molecule has 3 N–H and O–H groups in total. The summed E-state index contributed by atoms with van der Waals surface area (Å²) in [5.74, 6) is 0.540. The summed E-state index contributed by atoms with van der Waals surface area (Å²) in [4.78, 5) is 26.4. The van der Waals surface area contributed by atoms with Gasteiger partial charge >= 0.3 is 6.09 Å². The fourth-order valence-electron chi connectivity index (χ4n) is 5.92. The van der Waals surface area contributed by atoms with E-state index in [9.17, 15) is 14.0 Å². The number of ether oxygens (including phenoxy) is 1. The molecule has 0 bridgehead atoms. The van der Waals surface area contributed by atoms with E-state index in [1.54, 1.807) is 11.9 Å². The van der Waals surface area contributed by atoms with Crippen molar-refractivity contribution in [3.8, 4) is 22.4 Å². The first kappa shape index (κ1) is 27.7. The Balaban J connectivity index is 1.28. The van der Waals surface area contributed by atoms with Gasteiger partial charge in [0.1, 0.15) is 11.9 Å². The highest BCUT2D eigenvalue weighted by Crippen LogP contribution is 2.41. The van der Waals surface area contributed by atoms with Crippen LogP contribution >= 0.6 is 0 Å². The number of amides is 2. The van der Waals surface area contributed by atoms with Gasteiger partial charge in [0.15, 0.2) is 5.82 Å². The van der Waals surface area contributed by atoms with E-state index in [1.807, 2.05) is 60.7 Å². The number of rotatable bonds is 7. The van der Waals surface area contributed by atoms with Gasteiger partial charge in [-0.25, -0.2) is 9.18 Å². The van der Waals surface area contributed by atoms with E-state index in [0.717, 1.165) is 47.9 Å².